The number of aliphatic hydroxyl groups excluding tert-OH is 2. The van der Waals surface area contributed by atoms with Crippen LogP contribution >= 0.6 is 0 Å². The molecule has 0 radical (unpaired) electrons. The van der Waals surface area contributed by atoms with E-state index < -0.39 is 12.1 Å². The standard InChI is InChI=1S/C54H101NO3/c1-3-5-7-9-11-13-15-17-19-20-21-22-23-24-25-26-27-28-29-30-31-32-33-34-36-38-40-42-44-46-48-50-54(58)55-52(51-56)53(57)49-47-45-43-41-39-37-35-18-16-14-12-10-8-6-4-2/h5,7,11,13,17,19,21-22,52-53,56-57H,3-4,6,8-10,12,14-16,18,20,23-51H2,1-2H3,(H,55,58)/b7-5-,13-11-,19-17-,22-21-. The van der Waals surface area contributed by atoms with Crippen LogP contribution in [0.4, 0.5) is 0 Å². The fourth-order valence-electron chi connectivity index (χ4n) is 7.94. The van der Waals surface area contributed by atoms with Crippen LogP contribution in [0.15, 0.2) is 48.6 Å². The van der Waals surface area contributed by atoms with E-state index in [1.54, 1.807) is 0 Å². The largest absolute Gasteiger partial charge is 0.394 e. The van der Waals surface area contributed by atoms with Crippen molar-refractivity contribution >= 4 is 5.91 Å². The number of unbranched alkanes of at least 4 members (excludes halogenated alkanes) is 32. The molecule has 4 nitrogen and oxygen atoms in total. The second-order valence-electron chi connectivity index (χ2n) is 17.6. The van der Waals surface area contributed by atoms with Crippen LogP contribution in [0.25, 0.3) is 0 Å². The summed E-state index contributed by atoms with van der Waals surface area (Å²) < 4.78 is 0. The summed E-state index contributed by atoms with van der Waals surface area (Å²) in [5.74, 6) is -0.0289. The van der Waals surface area contributed by atoms with Gasteiger partial charge in [0.25, 0.3) is 0 Å². The molecule has 0 aromatic heterocycles. The lowest BCUT2D eigenvalue weighted by Gasteiger charge is -2.22. The molecule has 340 valence electrons. The Kier molecular flexibility index (Phi) is 48.3. The summed E-state index contributed by atoms with van der Waals surface area (Å²) in [5, 5.41) is 23.2. The molecule has 2 atom stereocenters. The van der Waals surface area contributed by atoms with E-state index >= 15 is 0 Å². The van der Waals surface area contributed by atoms with Crippen LogP contribution in [0.3, 0.4) is 0 Å². The maximum absolute atomic E-state index is 12.5. The lowest BCUT2D eigenvalue weighted by Crippen LogP contribution is -2.45. The van der Waals surface area contributed by atoms with Gasteiger partial charge in [0.05, 0.1) is 18.8 Å². The zero-order chi connectivity index (χ0) is 42.1. The molecule has 0 aliphatic heterocycles. The molecule has 0 heterocycles. The summed E-state index contributed by atoms with van der Waals surface area (Å²) in [5.41, 5.74) is 0. The minimum Gasteiger partial charge on any atom is -0.394 e. The Morgan fingerprint density at radius 2 is 0.759 bits per heavy atom. The van der Waals surface area contributed by atoms with Crippen molar-refractivity contribution in [1.82, 2.24) is 5.32 Å². The molecule has 0 rings (SSSR count). The number of hydrogen-bond donors (Lipinski definition) is 3. The predicted molar refractivity (Wildman–Crippen MR) is 258 cm³/mol. The van der Waals surface area contributed by atoms with Crippen molar-refractivity contribution in [1.29, 1.82) is 0 Å². The Labute approximate surface area is 363 Å². The van der Waals surface area contributed by atoms with Gasteiger partial charge in [-0.25, -0.2) is 0 Å². The van der Waals surface area contributed by atoms with Crippen LogP contribution in [0.5, 0.6) is 0 Å². The van der Waals surface area contributed by atoms with Crippen molar-refractivity contribution in [2.75, 3.05) is 6.61 Å². The fraction of sp³-hybridized carbons (Fsp3) is 0.833. The van der Waals surface area contributed by atoms with Crippen molar-refractivity contribution in [2.24, 2.45) is 0 Å². The molecule has 3 N–H and O–H groups in total. The highest BCUT2D eigenvalue weighted by Gasteiger charge is 2.20. The summed E-state index contributed by atoms with van der Waals surface area (Å²) in [6.45, 7) is 4.26. The molecule has 0 spiro atoms. The Balaban J connectivity index is 3.44. The first-order valence-electron chi connectivity index (χ1n) is 25.8. The lowest BCUT2D eigenvalue weighted by atomic mass is 10.0. The van der Waals surface area contributed by atoms with E-state index in [0.29, 0.717) is 12.8 Å². The summed E-state index contributed by atoms with van der Waals surface area (Å²) in [6, 6.07) is -0.535. The van der Waals surface area contributed by atoms with Gasteiger partial charge in [0.2, 0.25) is 5.91 Å². The van der Waals surface area contributed by atoms with Gasteiger partial charge in [-0.3, -0.25) is 4.79 Å². The number of carbonyl (C=O) groups is 1. The number of nitrogens with one attached hydrogen (secondary N) is 1. The molecular weight excluding hydrogens is 711 g/mol. The monoisotopic (exact) mass is 812 g/mol. The zero-order valence-electron chi connectivity index (χ0n) is 39.1. The maximum Gasteiger partial charge on any atom is 0.220 e. The molecule has 0 saturated carbocycles. The van der Waals surface area contributed by atoms with Crippen molar-refractivity contribution in [3.8, 4) is 0 Å². The van der Waals surface area contributed by atoms with Crippen molar-refractivity contribution in [2.45, 2.75) is 283 Å². The van der Waals surface area contributed by atoms with Crippen molar-refractivity contribution in [3.63, 3.8) is 0 Å². The normalized spacial score (nSPS) is 13.2. The molecule has 1 amide bonds. The third-order valence-corrected chi connectivity index (χ3v) is 11.9. The van der Waals surface area contributed by atoms with Crippen LogP contribution in [-0.4, -0.2) is 34.9 Å². The maximum atomic E-state index is 12.5. The fourth-order valence-corrected chi connectivity index (χ4v) is 7.94. The van der Waals surface area contributed by atoms with Gasteiger partial charge in [0, 0.05) is 6.42 Å². The number of amides is 1. The number of allylic oxidation sites excluding steroid dienone is 8. The van der Waals surface area contributed by atoms with Crippen LogP contribution in [-0.2, 0) is 4.79 Å². The molecule has 4 heteroatoms. The summed E-state index contributed by atoms with van der Waals surface area (Å²) in [7, 11) is 0. The molecule has 0 aliphatic carbocycles. The van der Waals surface area contributed by atoms with Crippen LogP contribution in [0.2, 0.25) is 0 Å². The summed E-state index contributed by atoms with van der Waals surface area (Å²) in [4.78, 5) is 12.5. The third-order valence-electron chi connectivity index (χ3n) is 11.9. The van der Waals surface area contributed by atoms with E-state index in [1.807, 2.05) is 0 Å². The Bertz CT molecular complexity index is 923. The van der Waals surface area contributed by atoms with Crippen molar-refractivity contribution in [3.05, 3.63) is 48.6 Å². The molecule has 0 saturated heterocycles. The van der Waals surface area contributed by atoms with E-state index in [4.69, 9.17) is 0 Å². The topological polar surface area (TPSA) is 69.6 Å². The molecule has 0 aromatic rings. The minimum atomic E-state index is -0.658. The van der Waals surface area contributed by atoms with Crippen molar-refractivity contribution < 1.29 is 15.0 Å². The minimum absolute atomic E-state index is 0.0289. The second-order valence-corrected chi connectivity index (χ2v) is 17.6. The van der Waals surface area contributed by atoms with Gasteiger partial charge >= 0.3 is 0 Å². The number of rotatable bonds is 47. The molecular formula is C54H101NO3. The van der Waals surface area contributed by atoms with E-state index in [0.717, 1.165) is 51.4 Å². The average molecular weight is 812 g/mol. The van der Waals surface area contributed by atoms with Crippen LogP contribution in [0.1, 0.15) is 271 Å². The zero-order valence-corrected chi connectivity index (χ0v) is 39.1. The highest BCUT2D eigenvalue weighted by atomic mass is 16.3. The first kappa shape index (κ1) is 56.4. The molecule has 0 fully saturated rings. The number of carbonyl (C=O) groups excluding carboxylic acids is 1. The highest BCUT2D eigenvalue weighted by molar-refractivity contribution is 5.76. The second kappa shape index (κ2) is 49.7. The molecule has 0 aromatic carbocycles. The summed E-state index contributed by atoms with van der Waals surface area (Å²) in [6.07, 6.45) is 67.9. The smallest absolute Gasteiger partial charge is 0.220 e. The van der Waals surface area contributed by atoms with Gasteiger partial charge in [0.15, 0.2) is 0 Å². The van der Waals surface area contributed by atoms with Gasteiger partial charge in [0.1, 0.15) is 0 Å². The average Bonchev–Trinajstić information content (AvgIpc) is 3.23. The van der Waals surface area contributed by atoms with Gasteiger partial charge in [-0.2, -0.15) is 0 Å². The molecule has 0 bridgehead atoms. The van der Waals surface area contributed by atoms with Gasteiger partial charge in [-0.15, -0.1) is 0 Å². The van der Waals surface area contributed by atoms with Gasteiger partial charge < -0.3 is 15.5 Å². The Hall–Kier alpha value is -1.65. The van der Waals surface area contributed by atoms with E-state index in [9.17, 15) is 15.0 Å². The lowest BCUT2D eigenvalue weighted by molar-refractivity contribution is -0.123. The summed E-state index contributed by atoms with van der Waals surface area (Å²) >= 11 is 0. The number of aliphatic hydroxyl groups is 2. The Morgan fingerprint density at radius 3 is 1.14 bits per heavy atom. The number of hydrogen-bond acceptors (Lipinski definition) is 3. The van der Waals surface area contributed by atoms with E-state index in [2.05, 4.69) is 67.8 Å². The molecule has 58 heavy (non-hydrogen) atoms. The SMILES string of the molecule is CC/C=C\C/C=C\C/C=C\C/C=C\CCCCCCCCCCCCCCCCCCCCC(=O)NC(CO)C(O)CCCCCCCCCCCCCCCCC. The van der Waals surface area contributed by atoms with Crippen LogP contribution < -0.4 is 5.32 Å². The van der Waals surface area contributed by atoms with Crippen LogP contribution in [0, 0.1) is 0 Å². The predicted octanol–water partition coefficient (Wildman–Crippen LogP) is 16.7. The van der Waals surface area contributed by atoms with Gasteiger partial charge in [-0.1, -0.05) is 262 Å². The first-order chi connectivity index (χ1) is 28.7. The molecule has 0 aliphatic rings. The molecule has 2 unspecified atom stereocenters. The highest BCUT2D eigenvalue weighted by Crippen LogP contribution is 2.17. The van der Waals surface area contributed by atoms with E-state index in [1.165, 1.54) is 193 Å². The quantitative estimate of drug-likeness (QED) is 0.0423. The van der Waals surface area contributed by atoms with Gasteiger partial charge in [-0.05, 0) is 51.4 Å². The first-order valence-corrected chi connectivity index (χ1v) is 25.8. The van der Waals surface area contributed by atoms with E-state index in [-0.39, 0.29) is 12.5 Å². The third kappa shape index (κ3) is 45.4. The Morgan fingerprint density at radius 1 is 0.431 bits per heavy atom.